The summed E-state index contributed by atoms with van der Waals surface area (Å²) in [5, 5.41) is 2.83. The van der Waals surface area contributed by atoms with Crippen LogP contribution in [0, 0.1) is 0 Å². The molecule has 1 N–H and O–H groups in total. The summed E-state index contributed by atoms with van der Waals surface area (Å²) in [5.74, 6) is 1.01. The van der Waals surface area contributed by atoms with Crippen LogP contribution in [0.15, 0.2) is 42.5 Å². The lowest BCUT2D eigenvalue weighted by Crippen LogP contribution is -2.25. The Balaban J connectivity index is 1.90. The minimum absolute atomic E-state index is 0.107. The van der Waals surface area contributed by atoms with E-state index in [1.807, 2.05) is 13.8 Å². The van der Waals surface area contributed by atoms with Crippen molar-refractivity contribution in [1.82, 2.24) is 5.32 Å². The molecule has 0 bridgehead atoms. The summed E-state index contributed by atoms with van der Waals surface area (Å²) in [6.45, 7) is 2.28. The van der Waals surface area contributed by atoms with Gasteiger partial charge in [0.15, 0.2) is 11.5 Å². The van der Waals surface area contributed by atoms with Gasteiger partial charge in [0.25, 0.3) is 5.91 Å². The van der Waals surface area contributed by atoms with Gasteiger partial charge < -0.3 is 19.5 Å². The molecule has 0 spiro atoms. The van der Waals surface area contributed by atoms with Crippen molar-refractivity contribution in [2.45, 2.75) is 26.9 Å². The van der Waals surface area contributed by atoms with Crippen molar-refractivity contribution < 1.29 is 27.8 Å². The van der Waals surface area contributed by atoms with Crippen molar-refractivity contribution in [3.63, 3.8) is 0 Å². The zero-order chi connectivity index (χ0) is 19.6. The van der Waals surface area contributed by atoms with Crippen LogP contribution in [0.25, 0.3) is 0 Å². The molecule has 2 aromatic carbocycles. The molecule has 0 atom stereocenters. The zero-order valence-electron chi connectivity index (χ0n) is 15.3. The number of benzene rings is 2. The minimum atomic E-state index is -2.84. The fourth-order valence-electron chi connectivity index (χ4n) is 2.45. The topological polar surface area (TPSA) is 56.8 Å². The molecule has 0 aliphatic rings. The number of amides is 1. The van der Waals surface area contributed by atoms with Gasteiger partial charge in [0.05, 0.1) is 13.2 Å². The number of carbonyl (C=O) groups is 1. The number of carbonyl (C=O) groups excluding carboxylic acids is 1. The van der Waals surface area contributed by atoms with E-state index in [2.05, 4.69) is 10.1 Å². The average molecular weight is 379 g/mol. The molecule has 0 aromatic heterocycles. The van der Waals surface area contributed by atoms with Crippen molar-refractivity contribution in [3.8, 4) is 17.2 Å². The summed E-state index contributed by atoms with van der Waals surface area (Å²) in [4.78, 5) is 12.3. The lowest BCUT2D eigenvalue weighted by Gasteiger charge is -2.12. The van der Waals surface area contributed by atoms with Gasteiger partial charge in [0, 0.05) is 12.1 Å². The molecule has 0 aliphatic carbocycles. The van der Waals surface area contributed by atoms with Gasteiger partial charge in [-0.25, -0.2) is 0 Å². The van der Waals surface area contributed by atoms with Gasteiger partial charge in [-0.2, -0.15) is 8.78 Å². The second kappa shape index (κ2) is 10.4. The van der Waals surface area contributed by atoms with Crippen LogP contribution in [0.2, 0.25) is 0 Å². The second-order valence-electron chi connectivity index (χ2n) is 5.56. The Labute approximate surface area is 157 Å². The summed E-state index contributed by atoms with van der Waals surface area (Å²) in [6.07, 6.45) is 0.566. The second-order valence-corrected chi connectivity index (χ2v) is 5.56. The molecular weight excluding hydrogens is 356 g/mol. The molecule has 0 fully saturated rings. The summed E-state index contributed by atoms with van der Waals surface area (Å²) >= 11 is 0. The third-order valence-electron chi connectivity index (χ3n) is 3.65. The quantitative estimate of drug-likeness (QED) is 0.676. The number of hydrogen-bond donors (Lipinski definition) is 1. The van der Waals surface area contributed by atoms with E-state index in [0.29, 0.717) is 43.2 Å². The Kier molecular flexibility index (Phi) is 7.85. The van der Waals surface area contributed by atoms with Gasteiger partial charge in [0.2, 0.25) is 0 Å². The van der Waals surface area contributed by atoms with E-state index >= 15 is 0 Å². The highest BCUT2D eigenvalue weighted by Gasteiger charge is 2.11. The molecular formula is C20H23F2NO4. The van der Waals surface area contributed by atoms with E-state index in [-0.39, 0.29) is 11.7 Å². The van der Waals surface area contributed by atoms with E-state index in [0.717, 1.165) is 5.56 Å². The van der Waals surface area contributed by atoms with Crippen molar-refractivity contribution in [2.24, 2.45) is 0 Å². The molecule has 0 radical (unpaired) electrons. The van der Waals surface area contributed by atoms with Crippen molar-refractivity contribution in [2.75, 3.05) is 19.8 Å². The largest absolute Gasteiger partial charge is 0.490 e. The number of hydrogen-bond acceptors (Lipinski definition) is 4. The smallest absolute Gasteiger partial charge is 0.387 e. The average Bonchev–Trinajstić information content (AvgIpc) is 2.64. The third-order valence-corrected chi connectivity index (χ3v) is 3.65. The maximum atomic E-state index is 12.3. The lowest BCUT2D eigenvalue weighted by atomic mass is 10.1. The standard InChI is InChI=1S/C20H23F2NO4/c1-3-25-17-10-7-15(13-18(17)26-4-2)19(24)23-12-11-14-5-8-16(9-6-14)27-20(21)22/h5-10,13,20H,3-4,11-12H2,1-2H3,(H,23,24). The van der Waals surface area contributed by atoms with Gasteiger partial charge in [-0.3, -0.25) is 4.79 Å². The van der Waals surface area contributed by atoms with E-state index < -0.39 is 6.61 Å². The van der Waals surface area contributed by atoms with Crippen LogP contribution >= 0.6 is 0 Å². The summed E-state index contributed by atoms with van der Waals surface area (Å²) in [5.41, 5.74) is 1.38. The number of nitrogens with one attached hydrogen (secondary N) is 1. The Morgan fingerprint density at radius 2 is 1.67 bits per heavy atom. The summed E-state index contributed by atoms with van der Waals surface area (Å²) in [6, 6.07) is 11.4. The summed E-state index contributed by atoms with van der Waals surface area (Å²) < 4.78 is 39.6. The van der Waals surface area contributed by atoms with E-state index in [4.69, 9.17) is 9.47 Å². The predicted octanol–water partition coefficient (Wildman–Crippen LogP) is 4.06. The van der Waals surface area contributed by atoms with Crippen LogP contribution in [-0.4, -0.2) is 32.3 Å². The monoisotopic (exact) mass is 379 g/mol. The predicted molar refractivity (Wildman–Crippen MR) is 97.9 cm³/mol. The van der Waals surface area contributed by atoms with Gasteiger partial charge in [-0.1, -0.05) is 12.1 Å². The minimum Gasteiger partial charge on any atom is -0.490 e. The maximum absolute atomic E-state index is 12.3. The first-order valence-electron chi connectivity index (χ1n) is 8.75. The van der Waals surface area contributed by atoms with Crippen LogP contribution in [-0.2, 0) is 6.42 Å². The van der Waals surface area contributed by atoms with Crippen molar-refractivity contribution >= 4 is 5.91 Å². The third kappa shape index (κ3) is 6.44. The van der Waals surface area contributed by atoms with Crippen LogP contribution in [0.1, 0.15) is 29.8 Å². The van der Waals surface area contributed by atoms with Gasteiger partial charge in [0.1, 0.15) is 5.75 Å². The van der Waals surface area contributed by atoms with Crippen LogP contribution < -0.4 is 19.5 Å². The van der Waals surface area contributed by atoms with Crippen LogP contribution in [0.3, 0.4) is 0 Å². The van der Waals surface area contributed by atoms with E-state index in [1.165, 1.54) is 12.1 Å². The normalized spacial score (nSPS) is 10.6. The molecule has 0 aliphatic heterocycles. The Morgan fingerprint density at radius 1 is 1.00 bits per heavy atom. The number of halogens is 2. The summed E-state index contributed by atoms with van der Waals surface area (Å²) in [7, 11) is 0. The molecule has 0 saturated carbocycles. The zero-order valence-corrected chi connectivity index (χ0v) is 15.3. The molecule has 5 nitrogen and oxygen atoms in total. The van der Waals surface area contributed by atoms with Crippen molar-refractivity contribution in [1.29, 1.82) is 0 Å². The molecule has 1 amide bonds. The van der Waals surface area contributed by atoms with Crippen LogP contribution in [0.4, 0.5) is 8.78 Å². The number of rotatable bonds is 10. The highest BCUT2D eigenvalue weighted by molar-refractivity contribution is 5.94. The molecule has 2 aromatic rings. The maximum Gasteiger partial charge on any atom is 0.387 e. The Bertz CT molecular complexity index is 735. The first-order chi connectivity index (χ1) is 13.0. The van der Waals surface area contributed by atoms with Gasteiger partial charge in [-0.05, 0) is 56.2 Å². The molecule has 2 rings (SSSR count). The van der Waals surface area contributed by atoms with Crippen molar-refractivity contribution in [3.05, 3.63) is 53.6 Å². The fraction of sp³-hybridized carbons (Fsp3) is 0.350. The van der Waals surface area contributed by atoms with Crippen LogP contribution in [0.5, 0.6) is 17.2 Å². The highest BCUT2D eigenvalue weighted by atomic mass is 19.3. The van der Waals surface area contributed by atoms with E-state index in [1.54, 1.807) is 30.3 Å². The van der Waals surface area contributed by atoms with Gasteiger partial charge >= 0.3 is 6.61 Å². The fourth-order valence-corrected chi connectivity index (χ4v) is 2.45. The number of alkyl halides is 2. The first kappa shape index (κ1) is 20.5. The highest BCUT2D eigenvalue weighted by Crippen LogP contribution is 2.28. The number of ether oxygens (including phenoxy) is 3. The first-order valence-corrected chi connectivity index (χ1v) is 8.75. The molecule has 146 valence electrons. The molecule has 0 heterocycles. The van der Waals surface area contributed by atoms with E-state index in [9.17, 15) is 13.6 Å². The molecule has 0 unspecified atom stereocenters. The molecule has 0 saturated heterocycles. The molecule has 27 heavy (non-hydrogen) atoms. The molecule has 7 heteroatoms. The Hall–Kier alpha value is -2.83. The SMILES string of the molecule is CCOc1ccc(C(=O)NCCc2ccc(OC(F)F)cc2)cc1OCC. The Morgan fingerprint density at radius 3 is 2.30 bits per heavy atom. The van der Waals surface area contributed by atoms with Gasteiger partial charge in [-0.15, -0.1) is 0 Å². The lowest BCUT2D eigenvalue weighted by molar-refractivity contribution is -0.0498.